The van der Waals surface area contributed by atoms with Gasteiger partial charge in [-0.15, -0.1) is 11.8 Å². The highest BCUT2D eigenvalue weighted by Gasteiger charge is 2.29. The molecule has 1 aromatic heterocycles. The lowest BCUT2D eigenvalue weighted by molar-refractivity contribution is 0.224. The standard InChI is InChI=1S/C21H25N3OS.CH5N/c1-16-13-24(9-8-17-4-3-5-18(10-17)11-22)14-19(16)15-25-20-6-7-21(26-2)23-12-20;1-2/h3-7,10,12,16,19H,8-9,13-15H2,1-2H3;2H2,1H3/t16?,19-;/m0./s1. The number of nitriles is 1. The van der Waals surface area contributed by atoms with E-state index >= 15 is 0 Å². The summed E-state index contributed by atoms with van der Waals surface area (Å²) in [4.78, 5) is 6.86. The summed E-state index contributed by atoms with van der Waals surface area (Å²) in [5.41, 5.74) is 6.47. The SMILES string of the molecule is CN.CSc1ccc(OC[C@@H]2CN(CCc3cccc(C#N)c3)CC2C)cn1. The third-order valence-electron chi connectivity index (χ3n) is 5.00. The smallest absolute Gasteiger partial charge is 0.137 e. The maximum atomic E-state index is 9.01. The summed E-state index contributed by atoms with van der Waals surface area (Å²) in [5.74, 6) is 2.02. The number of nitrogens with two attached hydrogens (primary N) is 1. The Kier molecular flexibility index (Phi) is 9.29. The molecule has 3 rings (SSSR count). The van der Waals surface area contributed by atoms with E-state index in [1.165, 1.54) is 12.6 Å². The van der Waals surface area contributed by atoms with E-state index in [-0.39, 0.29) is 0 Å². The van der Waals surface area contributed by atoms with Crippen LogP contribution in [0.4, 0.5) is 0 Å². The second kappa shape index (κ2) is 11.7. The lowest BCUT2D eigenvalue weighted by atomic mass is 9.99. The fourth-order valence-electron chi connectivity index (χ4n) is 3.40. The van der Waals surface area contributed by atoms with Crippen molar-refractivity contribution >= 4 is 11.8 Å². The summed E-state index contributed by atoms with van der Waals surface area (Å²) in [7, 11) is 1.50. The third kappa shape index (κ3) is 6.52. The number of aromatic nitrogens is 1. The zero-order valence-corrected chi connectivity index (χ0v) is 17.8. The number of thioether (sulfide) groups is 1. The van der Waals surface area contributed by atoms with Crippen LogP contribution in [-0.4, -0.2) is 49.4 Å². The normalized spacial score (nSPS) is 18.8. The van der Waals surface area contributed by atoms with Gasteiger partial charge in [0.1, 0.15) is 5.75 Å². The first-order valence-electron chi connectivity index (χ1n) is 9.60. The quantitative estimate of drug-likeness (QED) is 0.720. The van der Waals surface area contributed by atoms with E-state index < -0.39 is 0 Å². The van der Waals surface area contributed by atoms with Crippen molar-refractivity contribution in [3.8, 4) is 11.8 Å². The molecule has 1 fully saturated rings. The van der Waals surface area contributed by atoms with E-state index in [1.807, 2.05) is 42.8 Å². The van der Waals surface area contributed by atoms with Gasteiger partial charge in [0.25, 0.3) is 0 Å². The van der Waals surface area contributed by atoms with Gasteiger partial charge in [0.05, 0.1) is 29.5 Å². The van der Waals surface area contributed by atoms with Crippen LogP contribution in [0.5, 0.6) is 5.75 Å². The third-order valence-corrected chi connectivity index (χ3v) is 5.66. The van der Waals surface area contributed by atoms with Gasteiger partial charge in [-0.1, -0.05) is 19.1 Å². The number of ether oxygens (including phenoxy) is 1. The van der Waals surface area contributed by atoms with Crippen molar-refractivity contribution in [1.82, 2.24) is 9.88 Å². The molecule has 1 unspecified atom stereocenters. The Morgan fingerprint density at radius 3 is 2.79 bits per heavy atom. The van der Waals surface area contributed by atoms with Crippen molar-refractivity contribution in [3.05, 3.63) is 53.7 Å². The van der Waals surface area contributed by atoms with Crippen molar-refractivity contribution in [2.24, 2.45) is 17.6 Å². The van der Waals surface area contributed by atoms with Gasteiger partial charge in [-0.05, 0) is 55.5 Å². The Hall–Kier alpha value is -2.07. The molecule has 2 atom stereocenters. The van der Waals surface area contributed by atoms with E-state index in [4.69, 9.17) is 10.00 Å². The minimum atomic E-state index is 0.542. The Bertz CT molecular complexity index is 760. The Balaban J connectivity index is 0.00000136. The number of rotatable bonds is 7. The van der Waals surface area contributed by atoms with Crippen LogP contribution in [0.25, 0.3) is 0 Å². The van der Waals surface area contributed by atoms with Crippen LogP contribution in [0.15, 0.2) is 47.6 Å². The average molecular weight is 399 g/mol. The molecular formula is C22H30N4OS. The molecule has 2 heterocycles. The second-order valence-electron chi connectivity index (χ2n) is 6.91. The molecular weight excluding hydrogens is 368 g/mol. The highest BCUT2D eigenvalue weighted by molar-refractivity contribution is 7.98. The number of nitrogens with zero attached hydrogens (tertiary/aromatic N) is 3. The molecule has 0 bridgehead atoms. The Labute approximate surface area is 172 Å². The van der Waals surface area contributed by atoms with Crippen molar-refractivity contribution in [3.63, 3.8) is 0 Å². The van der Waals surface area contributed by atoms with Crippen LogP contribution in [0, 0.1) is 23.2 Å². The van der Waals surface area contributed by atoms with E-state index in [0.29, 0.717) is 11.8 Å². The molecule has 1 saturated heterocycles. The maximum absolute atomic E-state index is 9.01. The summed E-state index contributed by atoms with van der Waals surface area (Å²) < 4.78 is 5.97. The molecule has 1 aliphatic rings. The van der Waals surface area contributed by atoms with Crippen molar-refractivity contribution in [2.45, 2.75) is 18.4 Å². The molecule has 1 aliphatic heterocycles. The van der Waals surface area contributed by atoms with Gasteiger partial charge < -0.3 is 15.4 Å². The van der Waals surface area contributed by atoms with Crippen LogP contribution in [-0.2, 0) is 6.42 Å². The molecule has 1 aromatic carbocycles. The van der Waals surface area contributed by atoms with Crippen LogP contribution in [0.3, 0.4) is 0 Å². The fraction of sp³-hybridized carbons (Fsp3) is 0.455. The Morgan fingerprint density at radius 2 is 2.11 bits per heavy atom. The molecule has 0 radical (unpaired) electrons. The van der Waals surface area contributed by atoms with E-state index in [0.717, 1.165) is 49.0 Å². The molecule has 6 heteroatoms. The molecule has 150 valence electrons. The van der Waals surface area contributed by atoms with E-state index in [1.54, 1.807) is 11.8 Å². The number of hydrogen-bond donors (Lipinski definition) is 1. The molecule has 2 N–H and O–H groups in total. The van der Waals surface area contributed by atoms with Gasteiger partial charge in [0, 0.05) is 25.6 Å². The van der Waals surface area contributed by atoms with Crippen molar-refractivity contribution in [2.75, 3.05) is 39.5 Å². The molecule has 0 spiro atoms. The summed E-state index contributed by atoms with van der Waals surface area (Å²) in [6.07, 6.45) is 4.81. The molecule has 0 aliphatic carbocycles. The first-order chi connectivity index (χ1) is 13.7. The molecule has 5 nitrogen and oxygen atoms in total. The number of likely N-dealkylation sites (tertiary alicyclic amines) is 1. The van der Waals surface area contributed by atoms with Crippen molar-refractivity contribution in [1.29, 1.82) is 5.26 Å². The van der Waals surface area contributed by atoms with Gasteiger partial charge in [-0.25, -0.2) is 4.98 Å². The summed E-state index contributed by atoms with van der Waals surface area (Å²) >= 11 is 1.64. The van der Waals surface area contributed by atoms with E-state index in [2.05, 4.69) is 34.7 Å². The van der Waals surface area contributed by atoms with Gasteiger partial charge in [-0.2, -0.15) is 5.26 Å². The summed E-state index contributed by atoms with van der Waals surface area (Å²) in [5, 5.41) is 10.0. The molecule has 2 aromatic rings. The van der Waals surface area contributed by atoms with E-state index in [9.17, 15) is 0 Å². The highest BCUT2D eigenvalue weighted by Crippen LogP contribution is 2.25. The lowest BCUT2D eigenvalue weighted by Crippen LogP contribution is -2.24. The maximum Gasteiger partial charge on any atom is 0.137 e. The topological polar surface area (TPSA) is 75.2 Å². The minimum Gasteiger partial charge on any atom is -0.492 e. The molecule has 0 amide bonds. The zero-order valence-electron chi connectivity index (χ0n) is 17.0. The number of hydrogen-bond acceptors (Lipinski definition) is 6. The average Bonchev–Trinajstić information content (AvgIpc) is 3.12. The molecule has 0 saturated carbocycles. The van der Waals surface area contributed by atoms with Gasteiger partial charge >= 0.3 is 0 Å². The lowest BCUT2D eigenvalue weighted by Gasteiger charge is -2.16. The predicted octanol–water partition coefficient (Wildman–Crippen LogP) is 3.44. The highest BCUT2D eigenvalue weighted by atomic mass is 32.2. The summed E-state index contributed by atoms with van der Waals surface area (Å²) in [6.45, 7) is 6.24. The van der Waals surface area contributed by atoms with Crippen LogP contribution < -0.4 is 10.5 Å². The zero-order chi connectivity index (χ0) is 20.4. The monoisotopic (exact) mass is 398 g/mol. The number of benzene rings is 1. The first kappa shape index (κ1) is 22.2. The number of pyridine rings is 1. The summed E-state index contributed by atoms with van der Waals surface area (Å²) in [6, 6.07) is 14.1. The fourth-order valence-corrected chi connectivity index (χ4v) is 3.76. The second-order valence-corrected chi connectivity index (χ2v) is 7.73. The molecule has 28 heavy (non-hydrogen) atoms. The predicted molar refractivity (Wildman–Crippen MR) is 116 cm³/mol. The van der Waals surface area contributed by atoms with Crippen molar-refractivity contribution < 1.29 is 4.74 Å². The van der Waals surface area contributed by atoms with Gasteiger partial charge in [-0.3, -0.25) is 0 Å². The van der Waals surface area contributed by atoms with Crippen LogP contribution in [0.2, 0.25) is 0 Å². The van der Waals surface area contributed by atoms with Gasteiger partial charge in [0.15, 0.2) is 0 Å². The Morgan fingerprint density at radius 1 is 1.29 bits per heavy atom. The first-order valence-corrected chi connectivity index (χ1v) is 10.8. The van der Waals surface area contributed by atoms with Crippen LogP contribution in [0.1, 0.15) is 18.1 Å². The van der Waals surface area contributed by atoms with Gasteiger partial charge in [0.2, 0.25) is 0 Å². The largest absolute Gasteiger partial charge is 0.492 e. The van der Waals surface area contributed by atoms with Crippen LogP contribution >= 0.6 is 11.8 Å². The minimum absolute atomic E-state index is 0.542.